The number of benzene rings is 1. The van der Waals surface area contributed by atoms with Gasteiger partial charge < -0.3 is 9.47 Å². The van der Waals surface area contributed by atoms with Crippen LogP contribution in [0, 0.1) is 0 Å². The second-order valence-corrected chi connectivity index (χ2v) is 6.70. The fourth-order valence-corrected chi connectivity index (χ4v) is 4.18. The van der Waals surface area contributed by atoms with E-state index in [4.69, 9.17) is 11.6 Å². The number of rotatable bonds is 3. The highest BCUT2D eigenvalue weighted by molar-refractivity contribution is 7.99. The molecule has 3 nitrogen and oxygen atoms in total. The maximum Gasteiger partial charge on any atom is 0.246 e. The minimum absolute atomic E-state index is 0.0148. The first-order valence-corrected chi connectivity index (χ1v) is 8.39. The molecule has 21 heavy (non-hydrogen) atoms. The van der Waals surface area contributed by atoms with E-state index in [1.165, 1.54) is 0 Å². The highest BCUT2D eigenvalue weighted by Crippen LogP contribution is 2.40. The minimum Gasteiger partial charge on any atom is -0.352 e. The van der Waals surface area contributed by atoms with E-state index in [1.807, 2.05) is 54.5 Å². The van der Waals surface area contributed by atoms with Crippen LogP contribution in [0.2, 0.25) is 0 Å². The average Bonchev–Trinajstić information content (AvgIpc) is 3.14. The maximum atomic E-state index is 12.7. The van der Waals surface area contributed by atoms with Crippen LogP contribution in [-0.2, 0) is 11.8 Å². The van der Waals surface area contributed by atoms with E-state index in [9.17, 15) is 4.79 Å². The van der Waals surface area contributed by atoms with Crippen molar-refractivity contribution in [3.05, 3.63) is 59.9 Å². The summed E-state index contributed by atoms with van der Waals surface area (Å²) in [5, 5.41) is -0.560. The van der Waals surface area contributed by atoms with Crippen LogP contribution in [0.3, 0.4) is 0 Å². The first kappa shape index (κ1) is 14.5. The molecule has 2 heterocycles. The molecule has 3 rings (SSSR count). The zero-order valence-corrected chi connectivity index (χ0v) is 13.3. The van der Waals surface area contributed by atoms with E-state index in [-0.39, 0.29) is 11.3 Å². The number of alkyl halides is 1. The molecule has 1 aliphatic heterocycles. The van der Waals surface area contributed by atoms with Gasteiger partial charge in [-0.25, -0.2) is 0 Å². The molecule has 0 bridgehead atoms. The third kappa shape index (κ3) is 2.83. The predicted octanol–water partition coefficient (Wildman–Crippen LogP) is 3.58. The van der Waals surface area contributed by atoms with Gasteiger partial charge in [0.05, 0.1) is 5.69 Å². The van der Waals surface area contributed by atoms with Crippen molar-refractivity contribution in [3.8, 4) is 0 Å². The summed E-state index contributed by atoms with van der Waals surface area (Å²) in [4.78, 5) is 14.6. The Kier molecular flexibility index (Phi) is 4.27. The van der Waals surface area contributed by atoms with E-state index in [0.29, 0.717) is 0 Å². The standard InChI is InChI=1S/C16H17ClN2OS/c1-18-9-5-8-13(18)16-19(10-11-21-16)15(20)14(17)12-6-3-2-4-7-12/h2-9,14,16H,10-11H2,1H3. The maximum absolute atomic E-state index is 12.7. The quantitative estimate of drug-likeness (QED) is 0.808. The van der Waals surface area contributed by atoms with Gasteiger partial charge in [0.15, 0.2) is 0 Å². The molecule has 1 aliphatic rings. The molecular weight excluding hydrogens is 304 g/mol. The third-order valence-corrected chi connectivity index (χ3v) is 5.39. The Morgan fingerprint density at radius 2 is 2.05 bits per heavy atom. The summed E-state index contributed by atoms with van der Waals surface area (Å²) in [5.74, 6) is 0.930. The number of thioether (sulfide) groups is 1. The minimum atomic E-state index is -0.618. The van der Waals surface area contributed by atoms with Gasteiger partial charge in [-0.1, -0.05) is 30.3 Å². The number of halogens is 1. The molecule has 1 fully saturated rings. The molecule has 0 saturated carbocycles. The number of nitrogens with zero attached hydrogens (tertiary/aromatic N) is 2. The van der Waals surface area contributed by atoms with Crippen molar-refractivity contribution in [2.75, 3.05) is 12.3 Å². The van der Waals surface area contributed by atoms with Gasteiger partial charge in [-0.05, 0) is 17.7 Å². The molecule has 1 saturated heterocycles. The molecule has 2 aromatic rings. The summed E-state index contributed by atoms with van der Waals surface area (Å²) < 4.78 is 2.06. The van der Waals surface area contributed by atoms with Crippen molar-refractivity contribution in [2.45, 2.75) is 10.8 Å². The lowest BCUT2D eigenvalue weighted by atomic mass is 10.1. The Hall–Kier alpha value is -1.39. The van der Waals surface area contributed by atoms with Crippen LogP contribution >= 0.6 is 23.4 Å². The fraction of sp³-hybridized carbons (Fsp3) is 0.312. The number of amides is 1. The van der Waals surface area contributed by atoms with Crippen LogP contribution in [0.5, 0.6) is 0 Å². The summed E-state index contributed by atoms with van der Waals surface area (Å²) in [6.07, 6.45) is 2.01. The van der Waals surface area contributed by atoms with Gasteiger partial charge in [-0.2, -0.15) is 0 Å². The van der Waals surface area contributed by atoms with E-state index in [0.717, 1.165) is 23.6 Å². The van der Waals surface area contributed by atoms with Crippen molar-refractivity contribution in [2.24, 2.45) is 7.05 Å². The second kappa shape index (κ2) is 6.16. The number of hydrogen-bond donors (Lipinski definition) is 0. The van der Waals surface area contributed by atoms with Crippen LogP contribution < -0.4 is 0 Å². The molecule has 1 amide bonds. The Balaban J connectivity index is 1.82. The summed E-state index contributed by atoms with van der Waals surface area (Å²) in [6, 6.07) is 13.6. The van der Waals surface area contributed by atoms with Gasteiger partial charge in [0.1, 0.15) is 10.8 Å². The summed E-state index contributed by atoms with van der Waals surface area (Å²) in [7, 11) is 2.01. The van der Waals surface area contributed by atoms with Crippen LogP contribution in [0.4, 0.5) is 0 Å². The molecule has 1 aromatic heterocycles. The molecule has 1 aromatic carbocycles. The summed E-state index contributed by atoms with van der Waals surface area (Å²) >= 11 is 8.18. The van der Waals surface area contributed by atoms with Crippen molar-refractivity contribution in [1.29, 1.82) is 0 Å². The van der Waals surface area contributed by atoms with Crippen molar-refractivity contribution >= 4 is 29.3 Å². The smallest absolute Gasteiger partial charge is 0.246 e. The topological polar surface area (TPSA) is 25.2 Å². The summed E-state index contributed by atoms with van der Waals surface area (Å²) in [5.41, 5.74) is 1.99. The highest BCUT2D eigenvalue weighted by atomic mass is 35.5. The molecule has 0 radical (unpaired) electrons. The monoisotopic (exact) mass is 320 g/mol. The Labute approximate surface area is 133 Å². The van der Waals surface area contributed by atoms with Gasteiger partial charge >= 0.3 is 0 Å². The van der Waals surface area contributed by atoms with Gasteiger partial charge in [0.2, 0.25) is 5.91 Å². The molecule has 0 spiro atoms. The fourth-order valence-electron chi connectivity index (χ4n) is 2.58. The molecule has 0 aliphatic carbocycles. The number of aromatic nitrogens is 1. The molecule has 5 heteroatoms. The zero-order valence-electron chi connectivity index (χ0n) is 11.8. The van der Waals surface area contributed by atoms with E-state index >= 15 is 0 Å². The van der Waals surface area contributed by atoms with Crippen molar-refractivity contribution < 1.29 is 4.79 Å². The Morgan fingerprint density at radius 3 is 2.71 bits per heavy atom. The zero-order chi connectivity index (χ0) is 14.8. The van der Waals surface area contributed by atoms with Crippen LogP contribution in [-0.4, -0.2) is 27.7 Å². The molecule has 110 valence electrons. The van der Waals surface area contributed by atoms with Crippen molar-refractivity contribution in [3.63, 3.8) is 0 Å². The number of aryl methyl sites for hydroxylation is 1. The van der Waals surface area contributed by atoms with Crippen LogP contribution in [0.15, 0.2) is 48.7 Å². The highest BCUT2D eigenvalue weighted by Gasteiger charge is 2.35. The average molecular weight is 321 g/mol. The molecular formula is C16H17ClN2OS. The van der Waals surface area contributed by atoms with Crippen LogP contribution in [0.1, 0.15) is 22.0 Å². The van der Waals surface area contributed by atoms with E-state index in [1.54, 1.807) is 11.8 Å². The van der Waals surface area contributed by atoms with E-state index in [2.05, 4.69) is 10.6 Å². The normalized spacial score (nSPS) is 19.7. The lowest BCUT2D eigenvalue weighted by Gasteiger charge is -2.26. The van der Waals surface area contributed by atoms with Gasteiger partial charge in [-0.3, -0.25) is 4.79 Å². The molecule has 2 atom stereocenters. The second-order valence-electron chi connectivity index (χ2n) is 5.07. The Morgan fingerprint density at radius 1 is 1.29 bits per heavy atom. The first-order chi connectivity index (χ1) is 10.2. The van der Waals surface area contributed by atoms with Crippen molar-refractivity contribution in [1.82, 2.24) is 9.47 Å². The van der Waals surface area contributed by atoms with Crippen LogP contribution in [0.25, 0.3) is 0 Å². The number of carbonyl (C=O) groups excluding carboxylic acids is 1. The van der Waals surface area contributed by atoms with Gasteiger partial charge in [-0.15, -0.1) is 23.4 Å². The number of carbonyl (C=O) groups is 1. The Bertz CT molecular complexity index is 628. The van der Waals surface area contributed by atoms with E-state index < -0.39 is 5.38 Å². The SMILES string of the molecule is Cn1cccc1C1SCCN1C(=O)C(Cl)c1ccccc1. The predicted molar refractivity (Wildman–Crippen MR) is 87.4 cm³/mol. The van der Waals surface area contributed by atoms with Gasteiger partial charge in [0.25, 0.3) is 0 Å². The summed E-state index contributed by atoms with van der Waals surface area (Å²) in [6.45, 7) is 0.745. The first-order valence-electron chi connectivity index (χ1n) is 6.91. The number of hydrogen-bond acceptors (Lipinski definition) is 2. The molecule has 0 N–H and O–H groups in total. The molecule has 2 unspecified atom stereocenters. The lowest BCUT2D eigenvalue weighted by Crippen LogP contribution is -2.33. The lowest BCUT2D eigenvalue weighted by molar-refractivity contribution is -0.131. The third-order valence-electron chi connectivity index (χ3n) is 3.72. The van der Waals surface area contributed by atoms with Gasteiger partial charge in [0, 0.05) is 25.5 Å². The largest absolute Gasteiger partial charge is 0.352 e.